The lowest BCUT2D eigenvalue weighted by atomic mass is 10.0. The van der Waals surface area contributed by atoms with Crippen LogP contribution < -0.4 is 5.32 Å². The van der Waals surface area contributed by atoms with Crippen LogP contribution in [0.25, 0.3) is 16.6 Å². The van der Waals surface area contributed by atoms with Crippen LogP contribution in [0.5, 0.6) is 0 Å². The molecule has 1 unspecified atom stereocenters. The Bertz CT molecular complexity index is 1120. The van der Waals surface area contributed by atoms with E-state index in [9.17, 15) is 5.11 Å². The number of aromatic nitrogens is 4. The summed E-state index contributed by atoms with van der Waals surface area (Å²) in [7, 11) is 0. The molecule has 3 N–H and O–H groups in total. The van der Waals surface area contributed by atoms with Gasteiger partial charge in [0.15, 0.2) is 0 Å². The SMILES string of the molecule is OC1(CNCc2ccccc2)CCN(CCc2c[nH]c3ccc(-n4cnnc4)cc23)C1. The third kappa shape index (κ3) is 4.54. The smallest absolute Gasteiger partial charge is 0.123 e. The molecule has 0 radical (unpaired) electrons. The highest BCUT2D eigenvalue weighted by atomic mass is 16.3. The lowest BCUT2D eigenvalue weighted by Crippen LogP contribution is -2.43. The Balaban J connectivity index is 1.17. The van der Waals surface area contributed by atoms with Gasteiger partial charge in [-0.1, -0.05) is 30.3 Å². The highest BCUT2D eigenvalue weighted by Crippen LogP contribution is 2.24. The van der Waals surface area contributed by atoms with Crippen LogP contribution in [0.1, 0.15) is 17.5 Å². The zero-order valence-corrected chi connectivity index (χ0v) is 17.5. The van der Waals surface area contributed by atoms with E-state index in [4.69, 9.17) is 0 Å². The van der Waals surface area contributed by atoms with Gasteiger partial charge in [-0.15, -0.1) is 10.2 Å². The summed E-state index contributed by atoms with van der Waals surface area (Å²) in [5.74, 6) is 0. The Hall–Kier alpha value is -3.00. The third-order valence-electron chi connectivity index (χ3n) is 6.20. The highest BCUT2D eigenvalue weighted by molar-refractivity contribution is 5.85. The van der Waals surface area contributed by atoms with Gasteiger partial charge in [0.05, 0.1) is 5.60 Å². The topological polar surface area (TPSA) is 82.0 Å². The molecule has 3 heterocycles. The van der Waals surface area contributed by atoms with Crippen LogP contribution in [0, 0.1) is 0 Å². The molecule has 1 fully saturated rings. The van der Waals surface area contributed by atoms with Gasteiger partial charge in [-0.3, -0.25) is 9.47 Å². The van der Waals surface area contributed by atoms with E-state index in [1.165, 1.54) is 16.5 Å². The molecule has 0 spiro atoms. The Kier molecular flexibility index (Phi) is 5.55. The first-order valence-electron chi connectivity index (χ1n) is 10.8. The Labute approximate surface area is 181 Å². The number of fused-ring (bicyclic) bond motifs is 1. The van der Waals surface area contributed by atoms with E-state index in [-0.39, 0.29) is 0 Å². The molecule has 31 heavy (non-hydrogen) atoms. The molecule has 2 aromatic carbocycles. The molecule has 1 saturated heterocycles. The number of hydrogen-bond donors (Lipinski definition) is 3. The molecule has 1 aliphatic heterocycles. The Morgan fingerprint density at radius 3 is 2.77 bits per heavy atom. The van der Waals surface area contributed by atoms with Crippen LogP contribution in [0.15, 0.2) is 67.4 Å². The highest BCUT2D eigenvalue weighted by Gasteiger charge is 2.35. The molecule has 2 aromatic heterocycles. The van der Waals surface area contributed by atoms with Crippen molar-refractivity contribution in [2.75, 3.05) is 26.2 Å². The minimum absolute atomic E-state index is 0.619. The fourth-order valence-corrected chi connectivity index (χ4v) is 4.46. The second-order valence-electron chi connectivity index (χ2n) is 8.50. The molecular formula is C24H28N6O. The van der Waals surface area contributed by atoms with Gasteiger partial charge in [-0.25, -0.2) is 0 Å². The first kappa shape index (κ1) is 19.9. The van der Waals surface area contributed by atoms with E-state index < -0.39 is 5.60 Å². The largest absolute Gasteiger partial charge is 0.387 e. The first-order valence-corrected chi connectivity index (χ1v) is 10.8. The Morgan fingerprint density at radius 1 is 1.10 bits per heavy atom. The average molecular weight is 417 g/mol. The maximum Gasteiger partial charge on any atom is 0.123 e. The molecule has 0 amide bonds. The normalized spacial score (nSPS) is 19.4. The predicted molar refractivity (Wildman–Crippen MR) is 121 cm³/mol. The van der Waals surface area contributed by atoms with Crippen LogP contribution in [0.4, 0.5) is 0 Å². The second kappa shape index (κ2) is 8.63. The third-order valence-corrected chi connectivity index (χ3v) is 6.20. The van der Waals surface area contributed by atoms with Crippen LogP contribution in [0.2, 0.25) is 0 Å². The van der Waals surface area contributed by atoms with Gasteiger partial charge in [0.25, 0.3) is 0 Å². The number of hydrogen-bond acceptors (Lipinski definition) is 5. The molecule has 160 valence electrons. The summed E-state index contributed by atoms with van der Waals surface area (Å²) in [6, 6.07) is 16.7. The zero-order valence-electron chi connectivity index (χ0n) is 17.5. The van der Waals surface area contributed by atoms with Gasteiger partial charge in [0, 0.05) is 55.5 Å². The molecular weight excluding hydrogens is 388 g/mol. The predicted octanol–water partition coefficient (Wildman–Crippen LogP) is 2.52. The number of rotatable bonds is 8. The summed E-state index contributed by atoms with van der Waals surface area (Å²) < 4.78 is 1.92. The summed E-state index contributed by atoms with van der Waals surface area (Å²) >= 11 is 0. The number of H-pyrrole nitrogens is 1. The maximum absolute atomic E-state index is 11.0. The average Bonchev–Trinajstić information content (AvgIpc) is 3.53. The van der Waals surface area contributed by atoms with Crippen molar-refractivity contribution in [1.82, 2.24) is 30.0 Å². The van der Waals surface area contributed by atoms with Crippen molar-refractivity contribution in [2.24, 2.45) is 0 Å². The molecule has 4 aromatic rings. The van der Waals surface area contributed by atoms with Crippen LogP contribution in [-0.4, -0.2) is 61.5 Å². The van der Waals surface area contributed by atoms with Crippen molar-refractivity contribution in [3.05, 3.63) is 78.5 Å². The minimum atomic E-state index is -0.656. The summed E-state index contributed by atoms with van der Waals surface area (Å²) in [4.78, 5) is 5.75. The maximum atomic E-state index is 11.0. The summed E-state index contributed by atoms with van der Waals surface area (Å²) in [6.07, 6.45) is 7.28. The quantitative estimate of drug-likeness (QED) is 0.411. The molecule has 1 aliphatic rings. The van der Waals surface area contributed by atoms with Crippen molar-refractivity contribution >= 4 is 10.9 Å². The fraction of sp³-hybridized carbons (Fsp3) is 0.333. The lowest BCUT2D eigenvalue weighted by Gasteiger charge is -2.24. The van der Waals surface area contributed by atoms with E-state index in [1.807, 2.05) is 22.8 Å². The number of nitrogens with zero attached hydrogens (tertiary/aromatic N) is 4. The van der Waals surface area contributed by atoms with E-state index in [2.05, 4.69) is 61.9 Å². The van der Waals surface area contributed by atoms with Gasteiger partial charge >= 0.3 is 0 Å². The van der Waals surface area contributed by atoms with E-state index in [0.717, 1.165) is 43.7 Å². The number of benzene rings is 2. The number of nitrogens with one attached hydrogen (secondary N) is 2. The summed E-state index contributed by atoms with van der Waals surface area (Å²) in [5.41, 5.74) is 4.07. The summed E-state index contributed by atoms with van der Waals surface area (Å²) in [6.45, 7) is 3.98. The molecule has 7 heteroatoms. The molecule has 7 nitrogen and oxygen atoms in total. The van der Waals surface area contributed by atoms with Crippen molar-refractivity contribution < 1.29 is 5.11 Å². The first-order chi connectivity index (χ1) is 15.2. The van der Waals surface area contributed by atoms with Crippen LogP contribution in [0.3, 0.4) is 0 Å². The molecule has 1 atom stereocenters. The van der Waals surface area contributed by atoms with E-state index in [1.54, 1.807) is 12.7 Å². The van der Waals surface area contributed by atoms with Crippen molar-refractivity contribution in [2.45, 2.75) is 25.0 Å². The van der Waals surface area contributed by atoms with Crippen molar-refractivity contribution in [1.29, 1.82) is 0 Å². The van der Waals surface area contributed by atoms with Crippen LogP contribution >= 0.6 is 0 Å². The van der Waals surface area contributed by atoms with E-state index >= 15 is 0 Å². The standard InChI is InChI=1S/C24H28N6O/c31-24(15-25-13-19-4-2-1-3-5-19)9-11-29(16-24)10-8-20-14-26-23-7-6-21(12-22(20)23)30-17-27-28-18-30/h1-7,12,14,17-18,25-26,31H,8-11,13,15-16H2. The molecule has 0 bridgehead atoms. The van der Waals surface area contributed by atoms with Gasteiger partial charge < -0.3 is 15.4 Å². The molecule has 0 saturated carbocycles. The van der Waals surface area contributed by atoms with Gasteiger partial charge in [0.1, 0.15) is 12.7 Å². The second-order valence-corrected chi connectivity index (χ2v) is 8.50. The van der Waals surface area contributed by atoms with Gasteiger partial charge in [-0.2, -0.15) is 0 Å². The van der Waals surface area contributed by atoms with E-state index in [0.29, 0.717) is 13.1 Å². The Morgan fingerprint density at radius 2 is 1.94 bits per heavy atom. The fourth-order valence-electron chi connectivity index (χ4n) is 4.46. The minimum Gasteiger partial charge on any atom is -0.387 e. The monoisotopic (exact) mass is 416 g/mol. The number of β-amino-alcohol motifs (C(OH)–C–C–N with tert-alkyl or cyclic N) is 1. The zero-order chi connectivity index (χ0) is 21.1. The number of aromatic amines is 1. The lowest BCUT2D eigenvalue weighted by molar-refractivity contribution is 0.0491. The van der Waals surface area contributed by atoms with Gasteiger partial charge in [0.2, 0.25) is 0 Å². The summed E-state index contributed by atoms with van der Waals surface area (Å²) in [5, 5.41) is 23.4. The van der Waals surface area contributed by atoms with Crippen molar-refractivity contribution in [3.63, 3.8) is 0 Å². The van der Waals surface area contributed by atoms with Crippen molar-refractivity contribution in [3.8, 4) is 5.69 Å². The number of likely N-dealkylation sites (tertiary alicyclic amines) is 1. The number of aliphatic hydroxyl groups is 1. The molecule has 0 aliphatic carbocycles. The molecule has 5 rings (SSSR count). The van der Waals surface area contributed by atoms with Gasteiger partial charge in [-0.05, 0) is 42.2 Å². The van der Waals surface area contributed by atoms with Crippen LogP contribution in [-0.2, 0) is 13.0 Å².